The molecule has 14 heteroatoms. The summed E-state index contributed by atoms with van der Waals surface area (Å²) in [6, 6.07) is 5.19. The van der Waals surface area contributed by atoms with E-state index in [1.807, 2.05) is 0 Å². The van der Waals surface area contributed by atoms with Crippen LogP contribution in [0.5, 0.6) is 11.5 Å². The molecule has 2 aromatic rings. The van der Waals surface area contributed by atoms with E-state index in [4.69, 9.17) is 21.6 Å². The van der Waals surface area contributed by atoms with Crippen molar-refractivity contribution in [1.29, 1.82) is 5.26 Å². The van der Waals surface area contributed by atoms with Crippen molar-refractivity contribution in [2.45, 2.75) is 31.5 Å². The quantitative estimate of drug-likeness (QED) is 0.415. The van der Waals surface area contributed by atoms with E-state index in [-0.39, 0.29) is 33.2 Å². The fourth-order valence-electron chi connectivity index (χ4n) is 3.37. The van der Waals surface area contributed by atoms with Crippen LogP contribution in [0.25, 0.3) is 0 Å². The molecule has 1 aromatic carbocycles. The van der Waals surface area contributed by atoms with Crippen LogP contribution in [0.3, 0.4) is 0 Å². The van der Waals surface area contributed by atoms with Gasteiger partial charge in [0.1, 0.15) is 5.75 Å². The van der Waals surface area contributed by atoms with Gasteiger partial charge in [-0.15, -0.1) is 10.2 Å². The molecule has 1 saturated carbocycles. The molecule has 1 fully saturated rings. The first kappa shape index (κ1) is 24.2. The fourth-order valence-corrected chi connectivity index (χ4v) is 3.59. The van der Waals surface area contributed by atoms with Gasteiger partial charge in [-0.2, -0.15) is 18.4 Å². The van der Waals surface area contributed by atoms with E-state index >= 15 is 0 Å². The Balaban J connectivity index is 1.72. The molecule has 35 heavy (non-hydrogen) atoms. The van der Waals surface area contributed by atoms with E-state index < -0.39 is 54.4 Å². The van der Waals surface area contributed by atoms with Crippen LogP contribution in [0.4, 0.5) is 22.0 Å². The normalized spacial score (nSPS) is 17.1. The lowest BCUT2D eigenvalue weighted by molar-refractivity contribution is -0.142. The number of nitriles is 1. The van der Waals surface area contributed by atoms with Crippen molar-refractivity contribution in [3.8, 4) is 17.6 Å². The zero-order valence-electron chi connectivity index (χ0n) is 17.2. The minimum absolute atomic E-state index is 0.0172. The van der Waals surface area contributed by atoms with Crippen LogP contribution in [-0.2, 0) is 17.5 Å². The van der Waals surface area contributed by atoms with E-state index in [2.05, 4.69) is 15.2 Å². The SMILES string of the molecule is N#Cc1cc(Cl)cc(Oc2c(C(F)(F)F)ncn(CC3=CC(=C4CC(F)(F)C4)C(=O)N=N3)c2=O)c1. The molecule has 180 valence electrons. The number of azo groups is 1. The van der Waals surface area contributed by atoms with Gasteiger partial charge in [0.15, 0.2) is 5.69 Å². The van der Waals surface area contributed by atoms with Crippen LogP contribution < -0.4 is 10.3 Å². The van der Waals surface area contributed by atoms with Crippen molar-refractivity contribution in [2.75, 3.05) is 0 Å². The summed E-state index contributed by atoms with van der Waals surface area (Å²) in [5, 5.41) is 16.0. The monoisotopic (exact) mass is 511 g/mol. The second kappa shape index (κ2) is 8.70. The summed E-state index contributed by atoms with van der Waals surface area (Å²) in [4.78, 5) is 28.1. The van der Waals surface area contributed by atoms with Crippen molar-refractivity contribution in [3.05, 3.63) is 74.1 Å². The number of rotatable bonds is 4. The molecule has 2 heterocycles. The van der Waals surface area contributed by atoms with E-state index in [9.17, 15) is 31.5 Å². The predicted octanol–water partition coefficient (Wildman–Crippen LogP) is 5.18. The molecule has 8 nitrogen and oxygen atoms in total. The summed E-state index contributed by atoms with van der Waals surface area (Å²) < 4.78 is 72.8. The highest BCUT2D eigenvalue weighted by Crippen LogP contribution is 2.44. The van der Waals surface area contributed by atoms with Crippen molar-refractivity contribution in [3.63, 3.8) is 0 Å². The van der Waals surface area contributed by atoms with E-state index in [1.165, 1.54) is 6.07 Å². The lowest BCUT2D eigenvalue weighted by Crippen LogP contribution is -2.31. The minimum atomic E-state index is -5.06. The van der Waals surface area contributed by atoms with Gasteiger partial charge < -0.3 is 4.74 Å². The summed E-state index contributed by atoms with van der Waals surface area (Å²) in [5.41, 5.74) is -2.90. The number of aromatic nitrogens is 2. The zero-order chi connectivity index (χ0) is 25.5. The Hall–Kier alpha value is -3.92. The van der Waals surface area contributed by atoms with Crippen molar-refractivity contribution in [1.82, 2.24) is 9.55 Å². The number of nitrogens with zero attached hydrogens (tertiary/aromatic N) is 5. The Morgan fingerprint density at radius 3 is 2.51 bits per heavy atom. The van der Waals surface area contributed by atoms with Crippen molar-refractivity contribution < 1.29 is 31.5 Å². The van der Waals surface area contributed by atoms with Gasteiger partial charge in [0.25, 0.3) is 17.4 Å². The van der Waals surface area contributed by atoms with Crippen LogP contribution in [0.15, 0.2) is 62.5 Å². The summed E-state index contributed by atoms with van der Waals surface area (Å²) in [6.45, 7) is -0.483. The highest BCUT2D eigenvalue weighted by molar-refractivity contribution is 6.30. The third kappa shape index (κ3) is 5.12. The van der Waals surface area contributed by atoms with Crippen LogP contribution in [0, 0.1) is 11.3 Å². The lowest BCUT2D eigenvalue weighted by atomic mass is 9.83. The Morgan fingerprint density at radius 1 is 1.17 bits per heavy atom. The average Bonchev–Trinajstić information content (AvgIpc) is 2.74. The first-order valence-corrected chi connectivity index (χ1v) is 10.1. The standard InChI is InChI=1S/C21H11ClF5N5O3/c22-12-1-10(7-28)2-14(3-12)35-16-17(21(25,26)27)29-9-32(19(16)34)8-13-4-15(18(33)31-30-13)11-5-20(23,24)6-11/h1-4,9H,5-6,8H2. The van der Waals surface area contributed by atoms with Gasteiger partial charge in [-0.1, -0.05) is 11.6 Å². The highest BCUT2D eigenvalue weighted by Gasteiger charge is 2.43. The highest BCUT2D eigenvalue weighted by atomic mass is 35.5. The van der Waals surface area contributed by atoms with Crippen LogP contribution in [0.2, 0.25) is 5.02 Å². The maximum Gasteiger partial charge on any atom is 0.437 e. The predicted molar refractivity (Wildman–Crippen MR) is 109 cm³/mol. The molecule has 0 saturated heterocycles. The number of hydrogen-bond donors (Lipinski definition) is 0. The molecular formula is C21H11ClF5N5O3. The summed E-state index contributed by atoms with van der Waals surface area (Å²) in [7, 11) is 0. The van der Waals surface area contributed by atoms with Gasteiger partial charge in [-0.05, 0) is 29.8 Å². The molecule has 4 rings (SSSR count). The number of halogens is 6. The fraction of sp³-hybridized carbons (Fsp3) is 0.238. The number of benzene rings is 1. The second-order valence-electron chi connectivity index (χ2n) is 7.61. The number of alkyl halides is 5. The Morgan fingerprint density at radius 2 is 1.89 bits per heavy atom. The first-order chi connectivity index (χ1) is 16.4. The van der Waals surface area contributed by atoms with Gasteiger partial charge in [0.05, 0.1) is 30.2 Å². The number of amides is 1. The topological polar surface area (TPSA) is 110 Å². The van der Waals surface area contributed by atoms with Gasteiger partial charge in [0, 0.05) is 23.4 Å². The molecule has 0 unspecified atom stereocenters. The van der Waals surface area contributed by atoms with Crippen LogP contribution in [-0.4, -0.2) is 21.4 Å². The Kier molecular flexibility index (Phi) is 6.02. The smallest absolute Gasteiger partial charge is 0.437 e. The molecule has 0 bridgehead atoms. The third-order valence-electron chi connectivity index (χ3n) is 4.95. The molecule has 1 aliphatic carbocycles. The number of carbonyl (C=O) groups excluding carboxylic acids is 1. The maximum atomic E-state index is 13.5. The molecular weight excluding hydrogens is 501 g/mol. The maximum absolute atomic E-state index is 13.5. The zero-order valence-corrected chi connectivity index (χ0v) is 18.0. The summed E-state index contributed by atoms with van der Waals surface area (Å²) >= 11 is 5.85. The largest absolute Gasteiger partial charge is 0.449 e. The van der Waals surface area contributed by atoms with Gasteiger partial charge in [-0.25, -0.2) is 13.8 Å². The molecule has 1 aromatic heterocycles. The van der Waals surface area contributed by atoms with Crippen molar-refractivity contribution >= 4 is 17.5 Å². The minimum Gasteiger partial charge on any atom is -0.449 e. The summed E-state index contributed by atoms with van der Waals surface area (Å²) in [6.07, 6.45) is -4.56. The van der Waals surface area contributed by atoms with E-state index in [1.54, 1.807) is 6.07 Å². The molecule has 0 spiro atoms. The number of hydrogen-bond acceptors (Lipinski definition) is 6. The summed E-state index contributed by atoms with van der Waals surface area (Å²) in [5.74, 6) is -5.27. The van der Waals surface area contributed by atoms with Gasteiger partial charge >= 0.3 is 6.18 Å². The molecule has 0 N–H and O–H groups in total. The Bertz CT molecular complexity index is 1430. The van der Waals surface area contributed by atoms with Crippen LogP contribution >= 0.6 is 11.6 Å². The number of ether oxygens (including phenoxy) is 1. The molecule has 0 radical (unpaired) electrons. The lowest BCUT2D eigenvalue weighted by Gasteiger charge is -2.30. The van der Waals surface area contributed by atoms with Crippen LogP contribution in [0.1, 0.15) is 24.1 Å². The molecule has 1 aliphatic heterocycles. The van der Waals surface area contributed by atoms with Gasteiger partial charge in [-0.3, -0.25) is 14.2 Å². The second-order valence-corrected chi connectivity index (χ2v) is 8.05. The van der Waals surface area contributed by atoms with Crippen molar-refractivity contribution in [2.24, 2.45) is 10.2 Å². The third-order valence-corrected chi connectivity index (χ3v) is 5.17. The molecule has 1 amide bonds. The first-order valence-electron chi connectivity index (χ1n) is 9.68. The average molecular weight is 512 g/mol. The molecule has 0 atom stereocenters. The number of allylic oxidation sites excluding steroid dienone is 2. The Labute approximate surface area is 197 Å². The van der Waals surface area contributed by atoms with E-state index in [0.29, 0.717) is 6.33 Å². The molecule has 2 aliphatic rings. The number of carbonyl (C=O) groups is 1. The van der Waals surface area contributed by atoms with Gasteiger partial charge in [0.2, 0.25) is 5.75 Å². The van der Waals surface area contributed by atoms with E-state index in [0.717, 1.165) is 22.8 Å².